The van der Waals surface area contributed by atoms with Crippen molar-refractivity contribution in [3.63, 3.8) is 0 Å². The van der Waals surface area contributed by atoms with E-state index in [2.05, 4.69) is 0 Å². The molecule has 1 atom stereocenters. The number of carboxylic acid groups (broad SMARTS) is 1. The fraction of sp³-hybridized carbons (Fsp3) is 0.600. The molecule has 11 heavy (non-hydrogen) atoms. The van der Waals surface area contributed by atoms with Crippen molar-refractivity contribution in [2.75, 3.05) is 5.88 Å². The Kier molecular flexibility index (Phi) is 8.28. The van der Waals surface area contributed by atoms with Crippen molar-refractivity contribution in [3.8, 4) is 0 Å². The van der Waals surface area contributed by atoms with Gasteiger partial charge in [-0.05, 0) is 18.0 Å². The monoisotopic (exact) mass is 220 g/mol. The third-order valence-electron chi connectivity index (χ3n) is 0.970. The zero-order valence-corrected chi connectivity index (χ0v) is 7.75. The molecule has 1 N–H and O–H groups in total. The van der Waals surface area contributed by atoms with Gasteiger partial charge in [-0.15, -0.1) is 24.0 Å². The number of carboxylic acids is 1. The SMILES string of the molecule is Cl.O=C(O)C(CCCl)C(=O)Cl. The molecule has 0 saturated heterocycles. The van der Waals surface area contributed by atoms with E-state index in [-0.39, 0.29) is 24.7 Å². The second-order valence-corrected chi connectivity index (χ2v) is 2.42. The van der Waals surface area contributed by atoms with E-state index in [1.54, 1.807) is 0 Å². The summed E-state index contributed by atoms with van der Waals surface area (Å²) < 4.78 is 0. The van der Waals surface area contributed by atoms with E-state index < -0.39 is 17.1 Å². The first-order valence-corrected chi connectivity index (χ1v) is 3.49. The van der Waals surface area contributed by atoms with Crippen LogP contribution in [-0.4, -0.2) is 22.2 Å². The van der Waals surface area contributed by atoms with Crippen LogP contribution in [0, 0.1) is 5.92 Å². The van der Waals surface area contributed by atoms with Gasteiger partial charge >= 0.3 is 5.97 Å². The van der Waals surface area contributed by atoms with E-state index in [4.69, 9.17) is 28.3 Å². The smallest absolute Gasteiger partial charge is 0.315 e. The van der Waals surface area contributed by atoms with Crippen molar-refractivity contribution < 1.29 is 14.7 Å². The van der Waals surface area contributed by atoms with E-state index in [0.29, 0.717) is 0 Å². The maximum atomic E-state index is 10.3. The molecular weight excluding hydrogens is 214 g/mol. The van der Waals surface area contributed by atoms with Gasteiger partial charge in [-0.1, -0.05) is 0 Å². The highest BCUT2D eigenvalue weighted by atomic mass is 35.5. The molecule has 66 valence electrons. The summed E-state index contributed by atoms with van der Waals surface area (Å²) in [5.41, 5.74) is 0. The largest absolute Gasteiger partial charge is 0.481 e. The lowest BCUT2D eigenvalue weighted by molar-refractivity contribution is -0.144. The first kappa shape index (κ1) is 13.6. The Labute approximate surface area is 80.1 Å². The zero-order chi connectivity index (χ0) is 8.15. The molecule has 1 unspecified atom stereocenters. The van der Waals surface area contributed by atoms with Crippen LogP contribution < -0.4 is 0 Å². The first-order valence-electron chi connectivity index (χ1n) is 2.57. The van der Waals surface area contributed by atoms with Gasteiger partial charge in [0.05, 0.1) is 0 Å². The molecule has 0 spiro atoms. The number of rotatable bonds is 4. The number of alkyl halides is 1. The van der Waals surface area contributed by atoms with Crippen molar-refractivity contribution in [2.24, 2.45) is 5.92 Å². The van der Waals surface area contributed by atoms with E-state index in [9.17, 15) is 9.59 Å². The number of carbonyl (C=O) groups excluding carboxylic acids is 1. The number of halogens is 3. The maximum Gasteiger partial charge on any atom is 0.315 e. The number of hydrogen-bond acceptors (Lipinski definition) is 2. The topological polar surface area (TPSA) is 54.4 Å². The van der Waals surface area contributed by atoms with Gasteiger partial charge in [-0.2, -0.15) is 0 Å². The van der Waals surface area contributed by atoms with Crippen LogP contribution in [0.3, 0.4) is 0 Å². The molecule has 0 aromatic heterocycles. The highest BCUT2D eigenvalue weighted by Gasteiger charge is 2.23. The predicted octanol–water partition coefficient (Wildman–Crippen LogP) is 1.50. The molecule has 0 amide bonds. The van der Waals surface area contributed by atoms with E-state index in [1.165, 1.54) is 0 Å². The summed E-state index contributed by atoms with van der Waals surface area (Å²) in [6.45, 7) is 0. The Hall–Kier alpha value is 0.01000. The lowest BCUT2D eigenvalue weighted by atomic mass is 10.1. The standard InChI is InChI=1S/C5H6Cl2O3.ClH/c6-2-1-3(4(7)8)5(9)10;/h3H,1-2H2,(H,9,10);1H. The molecule has 0 saturated carbocycles. The summed E-state index contributed by atoms with van der Waals surface area (Å²) >= 11 is 10.1. The molecule has 0 aliphatic carbocycles. The predicted molar refractivity (Wildman–Crippen MR) is 44.6 cm³/mol. The zero-order valence-electron chi connectivity index (χ0n) is 5.42. The summed E-state index contributed by atoms with van der Waals surface area (Å²) in [5.74, 6) is -2.25. The van der Waals surface area contributed by atoms with Crippen LogP contribution in [0.1, 0.15) is 6.42 Å². The molecule has 0 aliphatic heterocycles. The van der Waals surface area contributed by atoms with Crippen molar-refractivity contribution in [1.82, 2.24) is 0 Å². The van der Waals surface area contributed by atoms with Gasteiger partial charge in [-0.25, -0.2) is 0 Å². The van der Waals surface area contributed by atoms with E-state index in [0.717, 1.165) is 0 Å². The van der Waals surface area contributed by atoms with Crippen LogP contribution >= 0.6 is 35.6 Å². The molecule has 0 aliphatic rings. The van der Waals surface area contributed by atoms with Gasteiger partial charge < -0.3 is 5.11 Å². The quantitative estimate of drug-likeness (QED) is 0.445. The van der Waals surface area contributed by atoms with E-state index in [1.807, 2.05) is 0 Å². The van der Waals surface area contributed by atoms with Gasteiger partial charge in [0.2, 0.25) is 5.24 Å². The molecular formula is C5H7Cl3O3. The summed E-state index contributed by atoms with van der Waals surface area (Å²) in [6, 6.07) is 0. The molecule has 0 radical (unpaired) electrons. The number of hydrogen-bond donors (Lipinski definition) is 1. The van der Waals surface area contributed by atoms with Gasteiger partial charge in [0, 0.05) is 5.88 Å². The lowest BCUT2D eigenvalue weighted by Crippen LogP contribution is -2.20. The minimum atomic E-state index is -1.22. The van der Waals surface area contributed by atoms with Crippen LogP contribution in [0.15, 0.2) is 0 Å². The highest BCUT2D eigenvalue weighted by molar-refractivity contribution is 6.65. The van der Waals surface area contributed by atoms with Crippen LogP contribution in [-0.2, 0) is 9.59 Å². The Morgan fingerprint density at radius 1 is 1.45 bits per heavy atom. The van der Waals surface area contributed by atoms with Gasteiger partial charge in [0.1, 0.15) is 5.92 Å². The average Bonchev–Trinajstić information content (AvgIpc) is 1.81. The van der Waals surface area contributed by atoms with Gasteiger partial charge in [-0.3, -0.25) is 9.59 Å². The highest BCUT2D eigenvalue weighted by Crippen LogP contribution is 2.08. The molecule has 3 nitrogen and oxygen atoms in total. The molecule has 0 bridgehead atoms. The summed E-state index contributed by atoms with van der Waals surface area (Å²) in [7, 11) is 0. The van der Waals surface area contributed by atoms with Crippen LogP contribution in [0.25, 0.3) is 0 Å². The number of aliphatic carboxylic acids is 1. The third-order valence-corrected chi connectivity index (χ3v) is 1.45. The van der Waals surface area contributed by atoms with Crippen LogP contribution in [0.2, 0.25) is 0 Å². The van der Waals surface area contributed by atoms with Gasteiger partial charge in [0.25, 0.3) is 0 Å². The van der Waals surface area contributed by atoms with E-state index >= 15 is 0 Å². The Morgan fingerprint density at radius 3 is 2.00 bits per heavy atom. The van der Waals surface area contributed by atoms with Crippen LogP contribution in [0.5, 0.6) is 0 Å². The third kappa shape index (κ3) is 5.30. The molecule has 0 aromatic carbocycles. The Balaban J connectivity index is 0. The summed E-state index contributed by atoms with van der Waals surface area (Å²) in [6.07, 6.45) is 0.0826. The molecule has 0 heterocycles. The van der Waals surface area contributed by atoms with Crippen molar-refractivity contribution in [1.29, 1.82) is 0 Å². The average molecular weight is 221 g/mol. The molecule has 0 fully saturated rings. The second-order valence-electron chi connectivity index (χ2n) is 1.67. The summed E-state index contributed by atoms with van der Waals surface area (Å²) in [4.78, 5) is 20.5. The Morgan fingerprint density at radius 2 is 1.91 bits per heavy atom. The maximum absolute atomic E-state index is 10.3. The van der Waals surface area contributed by atoms with Crippen molar-refractivity contribution in [2.45, 2.75) is 6.42 Å². The van der Waals surface area contributed by atoms with Crippen molar-refractivity contribution >= 4 is 46.8 Å². The van der Waals surface area contributed by atoms with Crippen LogP contribution in [0.4, 0.5) is 0 Å². The minimum absolute atomic E-state index is 0. The van der Waals surface area contributed by atoms with Gasteiger partial charge in [0.15, 0.2) is 0 Å². The van der Waals surface area contributed by atoms with Crippen molar-refractivity contribution in [3.05, 3.63) is 0 Å². The molecule has 0 aromatic rings. The molecule has 6 heteroatoms. The number of carbonyl (C=O) groups is 2. The molecule has 0 rings (SSSR count). The Bertz CT molecular complexity index is 134. The fourth-order valence-electron chi connectivity index (χ4n) is 0.443. The lowest BCUT2D eigenvalue weighted by Gasteiger charge is -2.02. The summed E-state index contributed by atoms with van der Waals surface area (Å²) in [5, 5.41) is 7.44. The fourth-order valence-corrected chi connectivity index (χ4v) is 0.864. The first-order chi connectivity index (χ1) is 4.59. The second kappa shape index (κ2) is 6.70. The minimum Gasteiger partial charge on any atom is -0.481 e. The normalized spacial score (nSPS) is 11.5.